The molecule has 4 rings (SSSR count). The molecule has 2 aromatic heterocycles. The molecule has 4 aromatic rings. The first-order chi connectivity index (χ1) is 15.6. The lowest BCUT2D eigenvalue weighted by molar-refractivity contribution is -0.137. The zero-order valence-corrected chi connectivity index (χ0v) is 17.4. The number of aromatic amines is 1. The van der Waals surface area contributed by atoms with E-state index >= 15 is 0 Å². The van der Waals surface area contributed by atoms with Crippen LogP contribution in [-0.4, -0.2) is 21.9 Å². The molecule has 2 aromatic carbocycles. The summed E-state index contributed by atoms with van der Waals surface area (Å²) >= 11 is 5.90. The van der Waals surface area contributed by atoms with Crippen LogP contribution in [0.3, 0.4) is 0 Å². The van der Waals surface area contributed by atoms with Gasteiger partial charge in [-0.1, -0.05) is 23.7 Å². The maximum absolute atomic E-state index is 12.9. The molecular formula is C22H15ClF3N5O2. The van der Waals surface area contributed by atoms with E-state index in [1.165, 1.54) is 0 Å². The summed E-state index contributed by atoms with van der Waals surface area (Å²) in [4.78, 5) is 31.1. The average Bonchev–Trinajstić information content (AvgIpc) is 3.15. The fraction of sp³-hybridized carbons (Fsp3) is 0.0455. The first-order valence-electron chi connectivity index (χ1n) is 9.44. The smallest absolute Gasteiger partial charge is 0.364 e. The number of benzene rings is 2. The van der Waals surface area contributed by atoms with Crippen LogP contribution in [0.1, 0.15) is 16.1 Å². The van der Waals surface area contributed by atoms with Gasteiger partial charge in [0.15, 0.2) is 0 Å². The summed E-state index contributed by atoms with van der Waals surface area (Å²) in [7, 11) is 0. The van der Waals surface area contributed by atoms with Crippen LogP contribution in [0, 0.1) is 0 Å². The topological polar surface area (TPSA) is 113 Å². The van der Waals surface area contributed by atoms with Crippen molar-refractivity contribution in [3.05, 3.63) is 77.2 Å². The second-order valence-corrected chi connectivity index (χ2v) is 7.42. The van der Waals surface area contributed by atoms with Crippen LogP contribution in [0.5, 0.6) is 0 Å². The molecule has 3 amide bonds. The van der Waals surface area contributed by atoms with Gasteiger partial charge in [0.2, 0.25) is 0 Å². The van der Waals surface area contributed by atoms with Gasteiger partial charge in [-0.2, -0.15) is 13.2 Å². The van der Waals surface area contributed by atoms with Crippen molar-refractivity contribution >= 4 is 45.8 Å². The highest BCUT2D eigenvalue weighted by molar-refractivity contribution is 6.33. The van der Waals surface area contributed by atoms with E-state index in [9.17, 15) is 22.8 Å². The molecule has 0 atom stereocenters. The summed E-state index contributed by atoms with van der Waals surface area (Å²) in [5.74, 6) is -0.638. The van der Waals surface area contributed by atoms with Crippen molar-refractivity contribution in [1.82, 2.24) is 9.97 Å². The number of hydrogen-bond acceptors (Lipinski definition) is 3. The lowest BCUT2D eigenvalue weighted by atomic mass is 10.0. The van der Waals surface area contributed by atoms with Gasteiger partial charge in [-0.05, 0) is 42.0 Å². The quantitative estimate of drug-likeness (QED) is 0.307. The molecule has 0 fully saturated rings. The number of anilines is 2. The zero-order valence-electron chi connectivity index (χ0n) is 16.6. The van der Waals surface area contributed by atoms with Crippen molar-refractivity contribution in [2.45, 2.75) is 6.18 Å². The Bertz CT molecular complexity index is 1370. The van der Waals surface area contributed by atoms with Crippen LogP contribution < -0.4 is 16.4 Å². The number of nitrogens with zero attached hydrogens (tertiary/aromatic N) is 1. The maximum Gasteiger partial charge on any atom is 0.416 e. The lowest BCUT2D eigenvalue weighted by Gasteiger charge is -2.12. The number of hydrogen-bond donors (Lipinski definition) is 4. The Balaban J connectivity index is 1.55. The number of amides is 3. The van der Waals surface area contributed by atoms with Crippen LogP contribution in [-0.2, 0) is 6.18 Å². The van der Waals surface area contributed by atoms with Crippen molar-refractivity contribution in [2.24, 2.45) is 5.73 Å². The van der Waals surface area contributed by atoms with Crippen molar-refractivity contribution in [2.75, 3.05) is 10.6 Å². The Hall–Kier alpha value is -4.05. The van der Waals surface area contributed by atoms with E-state index in [2.05, 4.69) is 20.6 Å². The minimum atomic E-state index is -4.57. The first kappa shape index (κ1) is 22.2. The zero-order chi connectivity index (χ0) is 23.8. The van der Waals surface area contributed by atoms with Gasteiger partial charge in [-0.15, -0.1) is 0 Å². The van der Waals surface area contributed by atoms with Crippen LogP contribution in [0.25, 0.3) is 22.0 Å². The van der Waals surface area contributed by atoms with Gasteiger partial charge in [-0.3, -0.25) is 9.78 Å². The average molecular weight is 474 g/mol. The highest BCUT2D eigenvalue weighted by atomic mass is 35.5. The lowest BCUT2D eigenvalue weighted by Crippen LogP contribution is -2.20. The van der Waals surface area contributed by atoms with Crippen LogP contribution in [0.4, 0.5) is 29.3 Å². The molecule has 168 valence electrons. The van der Waals surface area contributed by atoms with Crippen molar-refractivity contribution in [1.29, 1.82) is 0 Å². The van der Waals surface area contributed by atoms with Gasteiger partial charge in [0, 0.05) is 22.8 Å². The SMILES string of the molecule is NC(=O)c1[nH]c2cnccc2c1-c1ccc(NC(=O)Nc2cc(C(F)(F)F)ccc2Cl)cc1. The Kier molecular flexibility index (Phi) is 5.69. The largest absolute Gasteiger partial charge is 0.416 e. The third-order valence-electron chi connectivity index (χ3n) is 4.82. The molecule has 0 aliphatic rings. The number of halogens is 4. The number of carbonyl (C=O) groups is 2. The Morgan fingerprint density at radius 2 is 1.76 bits per heavy atom. The molecule has 0 aliphatic heterocycles. The van der Waals surface area contributed by atoms with E-state index in [-0.39, 0.29) is 16.4 Å². The summed E-state index contributed by atoms with van der Waals surface area (Å²) in [5.41, 5.74) is 6.85. The minimum absolute atomic E-state index is 0.0405. The van der Waals surface area contributed by atoms with E-state index in [0.717, 1.165) is 23.6 Å². The molecule has 0 saturated heterocycles. The molecule has 0 spiro atoms. The number of alkyl halides is 3. The van der Waals surface area contributed by atoms with Crippen molar-refractivity contribution < 1.29 is 22.8 Å². The Morgan fingerprint density at radius 1 is 1.03 bits per heavy atom. The third kappa shape index (κ3) is 4.60. The van der Waals surface area contributed by atoms with Crippen LogP contribution in [0.15, 0.2) is 60.9 Å². The number of primary amides is 1. The number of nitrogens with one attached hydrogen (secondary N) is 3. The summed E-state index contributed by atoms with van der Waals surface area (Å²) in [6, 6.07) is 10.1. The third-order valence-corrected chi connectivity index (χ3v) is 5.15. The highest BCUT2D eigenvalue weighted by Gasteiger charge is 2.31. The van der Waals surface area contributed by atoms with Crippen LogP contribution >= 0.6 is 11.6 Å². The Labute approximate surface area is 189 Å². The summed E-state index contributed by atoms with van der Waals surface area (Å²) in [5, 5.41) is 5.54. The highest BCUT2D eigenvalue weighted by Crippen LogP contribution is 2.34. The molecule has 11 heteroatoms. The van der Waals surface area contributed by atoms with Gasteiger partial charge in [0.1, 0.15) is 5.69 Å². The number of rotatable bonds is 4. The molecule has 0 saturated carbocycles. The summed E-state index contributed by atoms with van der Waals surface area (Å²) < 4.78 is 38.7. The fourth-order valence-electron chi connectivity index (χ4n) is 3.33. The summed E-state index contributed by atoms with van der Waals surface area (Å²) in [6.07, 6.45) is -1.41. The first-order valence-corrected chi connectivity index (χ1v) is 9.82. The van der Waals surface area contributed by atoms with E-state index in [0.29, 0.717) is 22.3 Å². The molecule has 5 N–H and O–H groups in total. The monoisotopic (exact) mass is 473 g/mol. The standard InChI is InChI=1S/C22H15ClF3N5O2/c23-15-6-3-12(22(24,25)26)9-16(15)31-21(33)29-13-4-1-11(2-5-13)18-14-7-8-28-10-17(14)30-19(18)20(27)32/h1-10,30H,(H2,27,32)(H2,29,31,33). The number of urea groups is 1. The number of pyridine rings is 1. The second kappa shape index (κ2) is 8.47. The van der Waals surface area contributed by atoms with Gasteiger partial charge in [0.05, 0.1) is 28.0 Å². The number of aromatic nitrogens is 2. The number of fused-ring (bicyclic) bond motifs is 1. The summed E-state index contributed by atoms with van der Waals surface area (Å²) in [6.45, 7) is 0. The predicted octanol–water partition coefficient (Wildman–Crippen LogP) is 5.65. The molecule has 7 nitrogen and oxygen atoms in total. The van der Waals surface area contributed by atoms with Gasteiger partial charge >= 0.3 is 12.2 Å². The van der Waals surface area contributed by atoms with E-state index in [1.807, 2.05) is 0 Å². The molecule has 0 aliphatic carbocycles. The molecule has 33 heavy (non-hydrogen) atoms. The van der Waals surface area contributed by atoms with Crippen molar-refractivity contribution in [3.8, 4) is 11.1 Å². The molecule has 2 heterocycles. The van der Waals surface area contributed by atoms with Gasteiger partial charge in [-0.25, -0.2) is 4.79 Å². The number of H-pyrrole nitrogens is 1. The normalized spacial score (nSPS) is 11.4. The van der Waals surface area contributed by atoms with E-state index in [4.69, 9.17) is 17.3 Å². The van der Waals surface area contributed by atoms with Crippen LogP contribution in [0.2, 0.25) is 5.02 Å². The van der Waals surface area contributed by atoms with E-state index in [1.54, 1.807) is 42.7 Å². The minimum Gasteiger partial charge on any atom is -0.364 e. The predicted molar refractivity (Wildman–Crippen MR) is 119 cm³/mol. The second-order valence-electron chi connectivity index (χ2n) is 7.01. The fourth-order valence-corrected chi connectivity index (χ4v) is 3.50. The van der Waals surface area contributed by atoms with Gasteiger partial charge < -0.3 is 21.4 Å². The molecule has 0 radical (unpaired) electrons. The Morgan fingerprint density at radius 3 is 2.42 bits per heavy atom. The van der Waals surface area contributed by atoms with Gasteiger partial charge in [0.25, 0.3) is 5.91 Å². The number of carbonyl (C=O) groups excluding carboxylic acids is 2. The van der Waals surface area contributed by atoms with Crippen molar-refractivity contribution in [3.63, 3.8) is 0 Å². The molecule has 0 bridgehead atoms. The van der Waals surface area contributed by atoms with E-state index < -0.39 is 23.7 Å². The molecular weight excluding hydrogens is 459 g/mol. The maximum atomic E-state index is 12.9. The number of nitrogens with two attached hydrogens (primary N) is 1. The molecule has 0 unspecified atom stereocenters.